The number of fused-ring (bicyclic) bond motifs is 9. The van der Waals surface area contributed by atoms with Crippen LogP contribution in [0.1, 0.15) is 95.2 Å². The van der Waals surface area contributed by atoms with Crippen LogP contribution < -0.4 is 0 Å². The Labute approximate surface area is 329 Å². The fraction of sp³-hybridized carbons (Fsp3) is 0.245. The minimum absolute atomic E-state index is 0.119. The normalized spacial score (nSPS) is 18.0. The van der Waals surface area contributed by atoms with Crippen molar-refractivity contribution in [2.75, 3.05) is 0 Å². The zero-order chi connectivity index (χ0) is 38.1. The van der Waals surface area contributed by atoms with Crippen LogP contribution in [-0.2, 0) is 16.2 Å². The summed E-state index contributed by atoms with van der Waals surface area (Å²) in [6.07, 6.45) is 6.78. The van der Waals surface area contributed by atoms with Gasteiger partial charge in [-0.25, -0.2) is 9.97 Å². The third-order valence-electron chi connectivity index (χ3n) is 13.7. The number of nitrogens with zero attached hydrogens (tertiary/aromatic N) is 3. The number of aromatic nitrogens is 3. The summed E-state index contributed by atoms with van der Waals surface area (Å²) in [5.41, 5.74) is 18.6. The molecule has 2 heterocycles. The molecule has 3 aliphatic rings. The van der Waals surface area contributed by atoms with Gasteiger partial charge >= 0.3 is 0 Å². The Kier molecular flexibility index (Phi) is 6.95. The molecular formula is C53H47N3. The molecule has 0 unspecified atom stereocenters. The van der Waals surface area contributed by atoms with Crippen LogP contribution in [0.25, 0.3) is 71.7 Å². The summed E-state index contributed by atoms with van der Waals surface area (Å²) in [4.78, 5) is 10.9. The molecule has 0 saturated heterocycles. The fourth-order valence-corrected chi connectivity index (χ4v) is 10.7. The Balaban J connectivity index is 1.13. The van der Waals surface area contributed by atoms with Crippen molar-refractivity contribution in [2.24, 2.45) is 0 Å². The van der Waals surface area contributed by atoms with E-state index in [9.17, 15) is 0 Å². The third-order valence-corrected chi connectivity index (χ3v) is 13.7. The predicted octanol–water partition coefficient (Wildman–Crippen LogP) is 13.8. The third kappa shape index (κ3) is 4.70. The first kappa shape index (κ1) is 33.5. The molecule has 3 nitrogen and oxygen atoms in total. The van der Waals surface area contributed by atoms with Crippen LogP contribution in [-0.4, -0.2) is 14.5 Å². The van der Waals surface area contributed by atoms with Crippen molar-refractivity contribution in [3.63, 3.8) is 0 Å². The van der Waals surface area contributed by atoms with Crippen LogP contribution in [0.15, 0.2) is 133 Å². The molecule has 0 N–H and O–H groups in total. The average Bonchev–Trinajstić information content (AvgIpc) is 3.66. The molecule has 0 spiro atoms. The van der Waals surface area contributed by atoms with E-state index in [-0.39, 0.29) is 16.2 Å². The Bertz CT molecular complexity index is 3050. The molecule has 0 bridgehead atoms. The second-order valence-corrected chi connectivity index (χ2v) is 18.3. The number of benzene rings is 6. The van der Waals surface area contributed by atoms with Gasteiger partial charge in [-0.1, -0.05) is 126 Å². The van der Waals surface area contributed by atoms with Crippen LogP contribution in [0.5, 0.6) is 0 Å². The van der Waals surface area contributed by atoms with Crippen molar-refractivity contribution >= 4 is 54.8 Å². The highest BCUT2D eigenvalue weighted by Crippen LogP contribution is 2.55. The van der Waals surface area contributed by atoms with Crippen molar-refractivity contribution in [3.05, 3.63) is 161 Å². The first-order valence-electron chi connectivity index (χ1n) is 20.4. The van der Waals surface area contributed by atoms with Crippen LogP contribution in [0, 0.1) is 0 Å². The highest BCUT2D eigenvalue weighted by molar-refractivity contribution is 6.11. The van der Waals surface area contributed by atoms with Crippen molar-refractivity contribution < 1.29 is 0 Å². The van der Waals surface area contributed by atoms with Gasteiger partial charge in [0.2, 0.25) is 0 Å². The first-order chi connectivity index (χ1) is 27.0. The summed E-state index contributed by atoms with van der Waals surface area (Å²) in [7, 11) is 0. The maximum atomic E-state index is 5.48. The molecule has 0 aliphatic heterocycles. The number of rotatable bonds is 3. The lowest BCUT2D eigenvalue weighted by atomic mass is 9.63. The van der Waals surface area contributed by atoms with E-state index in [2.05, 4.69) is 174 Å². The predicted molar refractivity (Wildman–Crippen MR) is 236 cm³/mol. The molecular weight excluding hydrogens is 679 g/mol. The fourth-order valence-electron chi connectivity index (χ4n) is 10.7. The Morgan fingerprint density at radius 3 is 2.05 bits per heavy atom. The van der Waals surface area contributed by atoms with Crippen molar-refractivity contribution in [1.29, 1.82) is 0 Å². The molecule has 0 atom stereocenters. The Hall–Kier alpha value is -5.80. The Morgan fingerprint density at radius 1 is 0.554 bits per heavy atom. The van der Waals surface area contributed by atoms with Crippen LogP contribution in [0.2, 0.25) is 0 Å². The van der Waals surface area contributed by atoms with E-state index in [0.717, 1.165) is 40.8 Å². The summed E-state index contributed by atoms with van der Waals surface area (Å²) in [5, 5.41) is 5.06. The largest absolute Gasteiger partial charge is 0.309 e. The van der Waals surface area contributed by atoms with Gasteiger partial charge in [0, 0.05) is 27.1 Å². The standard InChI is InChI=1S/C53H47N3/c1-51(2)27-28-52(3,4)42-31-47-39(30-41(42)51)36-17-8-12-23-46(36)56(47)45-24-13-15-32-29-33(25-26-34(32)45)49-50(55-44-22-11-10-21-43(44)54-49)38-19-14-18-37-35-16-7-9-20-40(35)53(5,6)48(37)38/h7-13,15-18,20-26,29-31H,14,19,27-28H2,1-6H3. The highest BCUT2D eigenvalue weighted by Gasteiger charge is 2.42. The first-order valence-corrected chi connectivity index (χ1v) is 20.4. The molecule has 0 radical (unpaired) electrons. The van der Waals surface area contributed by atoms with Crippen LogP contribution in [0.3, 0.4) is 0 Å². The minimum atomic E-state index is -0.131. The maximum Gasteiger partial charge on any atom is 0.0970 e. The zero-order valence-corrected chi connectivity index (χ0v) is 33.3. The molecule has 3 heteroatoms. The average molecular weight is 726 g/mol. The van der Waals surface area contributed by atoms with Gasteiger partial charge in [0.1, 0.15) is 0 Å². The van der Waals surface area contributed by atoms with Gasteiger partial charge in [0.05, 0.1) is 39.1 Å². The molecule has 3 aliphatic carbocycles. The smallest absolute Gasteiger partial charge is 0.0970 e. The van der Waals surface area contributed by atoms with E-state index in [0.29, 0.717) is 0 Å². The van der Waals surface area contributed by atoms with Gasteiger partial charge in [-0.3, -0.25) is 0 Å². The molecule has 0 amide bonds. The van der Waals surface area contributed by atoms with Gasteiger partial charge in [0.25, 0.3) is 0 Å². The van der Waals surface area contributed by atoms with E-state index in [1.807, 2.05) is 0 Å². The molecule has 56 heavy (non-hydrogen) atoms. The second kappa shape index (κ2) is 11.6. The summed E-state index contributed by atoms with van der Waals surface area (Å²) in [6.45, 7) is 14.5. The van der Waals surface area contributed by atoms with Crippen LogP contribution >= 0.6 is 0 Å². The van der Waals surface area contributed by atoms with E-state index in [4.69, 9.17) is 9.97 Å². The van der Waals surface area contributed by atoms with E-state index in [1.54, 1.807) is 0 Å². The van der Waals surface area contributed by atoms with Gasteiger partial charge in [-0.15, -0.1) is 0 Å². The van der Waals surface area contributed by atoms with E-state index < -0.39 is 0 Å². The van der Waals surface area contributed by atoms with Gasteiger partial charge in [-0.2, -0.15) is 0 Å². The molecule has 6 aromatic carbocycles. The maximum absolute atomic E-state index is 5.48. The quantitative estimate of drug-likeness (QED) is 0.182. The monoisotopic (exact) mass is 725 g/mol. The van der Waals surface area contributed by atoms with Crippen LogP contribution in [0.4, 0.5) is 0 Å². The molecule has 0 saturated carbocycles. The lowest BCUT2D eigenvalue weighted by molar-refractivity contribution is 0.332. The number of hydrogen-bond acceptors (Lipinski definition) is 2. The summed E-state index contributed by atoms with van der Waals surface area (Å²) in [6, 6.07) is 45.0. The molecule has 0 fully saturated rings. The topological polar surface area (TPSA) is 30.7 Å². The van der Waals surface area contributed by atoms with Gasteiger partial charge < -0.3 is 4.57 Å². The minimum Gasteiger partial charge on any atom is -0.309 e. The van der Waals surface area contributed by atoms with Gasteiger partial charge in [0.15, 0.2) is 0 Å². The molecule has 8 aromatic rings. The number of hydrogen-bond donors (Lipinski definition) is 0. The SMILES string of the molecule is CC1(C)CCC(C)(C)c2cc3c(cc21)c1ccccc1n3-c1cccc2cc(-c3nc4ccccc4nc3C3=C4C(=CCC3)c3ccccc3C4(C)C)ccc12. The summed E-state index contributed by atoms with van der Waals surface area (Å²) >= 11 is 0. The van der Waals surface area contributed by atoms with Crippen molar-refractivity contribution in [3.8, 4) is 16.9 Å². The van der Waals surface area contributed by atoms with Crippen molar-refractivity contribution in [2.45, 2.75) is 83.5 Å². The lowest BCUT2D eigenvalue weighted by Crippen LogP contribution is -2.33. The zero-order valence-electron chi connectivity index (χ0n) is 33.3. The second-order valence-electron chi connectivity index (χ2n) is 18.3. The van der Waals surface area contributed by atoms with Crippen molar-refractivity contribution in [1.82, 2.24) is 14.5 Å². The lowest BCUT2D eigenvalue weighted by Gasteiger charge is -2.42. The highest BCUT2D eigenvalue weighted by atomic mass is 15.0. The Morgan fingerprint density at radius 2 is 1.25 bits per heavy atom. The summed E-state index contributed by atoms with van der Waals surface area (Å²) < 4.78 is 2.52. The van der Waals surface area contributed by atoms with Gasteiger partial charge in [-0.05, 0) is 123 Å². The number of allylic oxidation sites excluding steroid dienone is 4. The molecule has 2 aromatic heterocycles. The van der Waals surface area contributed by atoms with E-state index >= 15 is 0 Å². The van der Waals surface area contributed by atoms with E-state index in [1.165, 1.54) is 90.1 Å². The summed E-state index contributed by atoms with van der Waals surface area (Å²) in [5.74, 6) is 0. The molecule has 11 rings (SSSR count). The number of para-hydroxylation sites is 3. The molecule has 274 valence electrons.